The largest absolute Gasteiger partial charge is 0.508 e. The van der Waals surface area contributed by atoms with E-state index >= 15 is 0 Å². The number of hydrogen-bond acceptors (Lipinski definition) is 1. The van der Waals surface area contributed by atoms with Gasteiger partial charge in [0.1, 0.15) is 5.75 Å². The van der Waals surface area contributed by atoms with Crippen molar-refractivity contribution in [2.24, 2.45) is 0 Å². The topological polar surface area (TPSA) is 24.6 Å². The van der Waals surface area contributed by atoms with Crippen molar-refractivity contribution in [3.63, 3.8) is 0 Å². The molecule has 0 amide bonds. The van der Waals surface area contributed by atoms with Crippen LogP contribution in [0.4, 0.5) is 5.69 Å². The molecule has 0 heterocycles. The third-order valence-electron chi connectivity index (χ3n) is 1.56. The molecule has 0 aliphatic heterocycles. The average Bonchev–Trinajstić information content (AvgIpc) is 2.09. The number of aromatic hydroxyl groups is 1. The van der Waals surface area contributed by atoms with Crippen molar-refractivity contribution in [1.82, 2.24) is 0 Å². The van der Waals surface area contributed by atoms with Gasteiger partial charge in [0.25, 0.3) is 0 Å². The van der Waals surface area contributed by atoms with Crippen LogP contribution in [-0.2, 0) is 6.42 Å². The summed E-state index contributed by atoms with van der Waals surface area (Å²) in [5.41, 5.74) is 1.29. The summed E-state index contributed by atoms with van der Waals surface area (Å²) in [6, 6.07) is 4.80. The smallest absolute Gasteiger partial charge is 0.187 e. The SMILES string of the molecule is [C-]#[N+]c1ccc(O)c(CC=C)c1. The first-order valence-corrected chi connectivity index (χ1v) is 3.58. The van der Waals surface area contributed by atoms with Gasteiger partial charge in [0, 0.05) is 0 Å². The standard InChI is InChI=1S/C10H9NO/c1-3-4-8-7-9(11-2)5-6-10(8)12/h3,5-7,12H,1,4H2. The molecule has 1 aromatic carbocycles. The minimum absolute atomic E-state index is 0.224. The third kappa shape index (κ3) is 1.64. The fourth-order valence-electron chi connectivity index (χ4n) is 0.960. The Morgan fingerprint density at radius 1 is 1.58 bits per heavy atom. The molecule has 0 aliphatic rings. The summed E-state index contributed by atoms with van der Waals surface area (Å²) in [5, 5.41) is 9.31. The maximum absolute atomic E-state index is 9.31. The molecule has 1 rings (SSSR count). The van der Waals surface area contributed by atoms with Crippen molar-refractivity contribution >= 4 is 5.69 Å². The van der Waals surface area contributed by atoms with E-state index in [0.717, 1.165) is 5.56 Å². The summed E-state index contributed by atoms with van der Waals surface area (Å²) in [4.78, 5) is 3.26. The highest BCUT2D eigenvalue weighted by molar-refractivity contribution is 5.51. The van der Waals surface area contributed by atoms with E-state index in [1.165, 1.54) is 6.07 Å². The van der Waals surface area contributed by atoms with Gasteiger partial charge in [0.05, 0.1) is 6.57 Å². The van der Waals surface area contributed by atoms with Gasteiger partial charge in [-0.25, -0.2) is 4.85 Å². The van der Waals surface area contributed by atoms with Gasteiger partial charge in [-0.15, -0.1) is 6.58 Å². The van der Waals surface area contributed by atoms with Gasteiger partial charge in [-0.05, 0) is 24.1 Å². The number of hydrogen-bond donors (Lipinski definition) is 1. The van der Waals surface area contributed by atoms with E-state index < -0.39 is 0 Å². The molecule has 1 aromatic rings. The predicted octanol–water partition coefficient (Wildman–Crippen LogP) is 2.67. The molecule has 0 unspecified atom stereocenters. The number of phenols is 1. The van der Waals surface area contributed by atoms with Crippen molar-refractivity contribution in [2.45, 2.75) is 6.42 Å². The Kier molecular flexibility index (Phi) is 2.49. The normalized spacial score (nSPS) is 8.92. The molecule has 0 aliphatic carbocycles. The first-order valence-electron chi connectivity index (χ1n) is 3.58. The summed E-state index contributed by atoms with van der Waals surface area (Å²) in [6.45, 7) is 10.3. The zero-order chi connectivity index (χ0) is 8.97. The number of allylic oxidation sites excluding steroid dienone is 1. The van der Waals surface area contributed by atoms with Crippen LogP contribution < -0.4 is 0 Å². The lowest BCUT2D eigenvalue weighted by Gasteiger charge is -2.00. The summed E-state index contributed by atoms with van der Waals surface area (Å²) in [5.74, 6) is 0.224. The van der Waals surface area contributed by atoms with Crippen LogP contribution in [0.2, 0.25) is 0 Å². The molecule has 0 fully saturated rings. The first kappa shape index (κ1) is 8.35. The molecule has 0 radical (unpaired) electrons. The van der Waals surface area contributed by atoms with Gasteiger partial charge >= 0.3 is 0 Å². The number of nitrogens with zero attached hydrogens (tertiary/aromatic N) is 1. The van der Waals surface area contributed by atoms with E-state index in [1.54, 1.807) is 18.2 Å². The minimum atomic E-state index is 0.224. The molecule has 1 N–H and O–H groups in total. The molecule has 0 bridgehead atoms. The van der Waals surface area contributed by atoms with Gasteiger partial charge in [-0.3, -0.25) is 0 Å². The monoisotopic (exact) mass is 159 g/mol. The van der Waals surface area contributed by atoms with Crippen LogP contribution in [0.25, 0.3) is 4.85 Å². The van der Waals surface area contributed by atoms with Crippen molar-refractivity contribution in [3.05, 3.63) is 47.8 Å². The third-order valence-corrected chi connectivity index (χ3v) is 1.56. The zero-order valence-electron chi connectivity index (χ0n) is 6.62. The van der Waals surface area contributed by atoms with E-state index in [0.29, 0.717) is 12.1 Å². The lowest BCUT2D eigenvalue weighted by atomic mass is 10.1. The average molecular weight is 159 g/mol. The maximum atomic E-state index is 9.31. The van der Waals surface area contributed by atoms with Crippen molar-refractivity contribution < 1.29 is 5.11 Å². The molecule has 0 saturated carbocycles. The molecule has 2 heteroatoms. The lowest BCUT2D eigenvalue weighted by molar-refractivity contribution is 0.470. The second-order valence-electron chi connectivity index (χ2n) is 2.42. The van der Waals surface area contributed by atoms with E-state index in [9.17, 15) is 5.11 Å². The van der Waals surface area contributed by atoms with Crippen LogP contribution >= 0.6 is 0 Å². The Balaban J connectivity index is 3.09. The summed E-state index contributed by atoms with van der Waals surface area (Å²) in [6.07, 6.45) is 2.29. The zero-order valence-corrected chi connectivity index (χ0v) is 6.62. The molecular formula is C10H9NO. The van der Waals surface area contributed by atoms with Crippen molar-refractivity contribution in [3.8, 4) is 5.75 Å². The molecule has 12 heavy (non-hydrogen) atoms. The second kappa shape index (κ2) is 3.59. The summed E-state index contributed by atoms with van der Waals surface area (Å²) >= 11 is 0. The Hall–Kier alpha value is -1.75. The predicted molar refractivity (Wildman–Crippen MR) is 48.3 cm³/mol. The van der Waals surface area contributed by atoms with E-state index in [1.807, 2.05) is 0 Å². The summed E-state index contributed by atoms with van der Waals surface area (Å²) < 4.78 is 0. The lowest BCUT2D eigenvalue weighted by Crippen LogP contribution is -1.80. The van der Waals surface area contributed by atoms with Crippen LogP contribution in [-0.4, -0.2) is 5.11 Å². The molecule has 0 atom stereocenters. The molecule has 0 saturated heterocycles. The van der Waals surface area contributed by atoms with E-state index in [2.05, 4.69) is 11.4 Å². The highest BCUT2D eigenvalue weighted by Gasteiger charge is 1.99. The Bertz CT molecular complexity index is 336. The maximum Gasteiger partial charge on any atom is 0.187 e. The molecule has 2 nitrogen and oxygen atoms in total. The van der Waals surface area contributed by atoms with Gasteiger partial charge in [0.2, 0.25) is 0 Å². The fraction of sp³-hybridized carbons (Fsp3) is 0.100. The van der Waals surface area contributed by atoms with E-state index in [4.69, 9.17) is 6.57 Å². The van der Waals surface area contributed by atoms with Crippen LogP contribution in [0, 0.1) is 6.57 Å². The van der Waals surface area contributed by atoms with Crippen LogP contribution in [0.1, 0.15) is 5.56 Å². The number of rotatable bonds is 2. The Labute approximate surface area is 71.6 Å². The highest BCUT2D eigenvalue weighted by Crippen LogP contribution is 2.23. The Morgan fingerprint density at radius 3 is 2.92 bits per heavy atom. The molecule has 60 valence electrons. The van der Waals surface area contributed by atoms with Crippen LogP contribution in [0.15, 0.2) is 30.9 Å². The molecule has 0 spiro atoms. The number of phenolic OH excluding ortho intramolecular Hbond substituents is 1. The van der Waals surface area contributed by atoms with E-state index in [-0.39, 0.29) is 5.75 Å². The molecular weight excluding hydrogens is 150 g/mol. The van der Waals surface area contributed by atoms with Crippen LogP contribution in [0.5, 0.6) is 5.75 Å². The van der Waals surface area contributed by atoms with Crippen molar-refractivity contribution in [2.75, 3.05) is 0 Å². The van der Waals surface area contributed by atoms with Gasteiger partial charge in [-0.1, -0.05) is 12.1 Å². The van der Waals surface area contributed by atoms with Gasteiger partial charge in [-0.2, -0.15) is 0 Å². The quantitative estimate of drug-likeness (QED) is 0.520. The number of benzene rings is 1. The molecule has 0 aromatic heterocycles. The van der Waals surface area contributed by atoms with Crippen molar-refractivity contribution in [1.29, 1.82) is 0 Å². The Morgan fingerprint density at radius 2 is 2.33 bits per heavy atom. The first-order chi connectivity index (χ1) is 5.77. The highest BCUT2D eigenvalue weighted by atomic mass is 16.3. The van der Waals surface area contributed by atoms with Gasteiger partial charge in [0.15, 0.2) is 5.69 Å². The summed E-state index contributed by atoms with van der Waals surface area (Å²) in [7, 11) is 0. The fourth-order valence-corrected chi connectivity index (χ4v) is 0.960. The van der Waals surface area contributed by atoms with Crippen LogP contribution in [0.3, 0.4) is 0 Å². The van der Waals surface area contributed by atoms with Gasteiger partial charge < -0.3 is 5.11 Å². The minimum Gasteiger partial charge on any atom is -0.508 e. The second-order valence-corrected chi connectivity index (χ2v) is 2.42.